The molecule has 0 aromatic rings. The molecule has 0 aromatic carbocycles. The first-order chi connectivity index (χ1) is 2.89. The number of nitrogens with zero attached hydrogens (tertiary/aromatic N) is 1. The van der Waals surface area contributed by atoms with Crippen LogP contribution in [-0.2, 0) is 32.7 Å². The topological polar surface area (TPSA) is 14.1 Å². The zero-order valence-electron chi connectivity index (χ0n) is 4.72. The van der Waals surface area contributed by atoms with Gasteiger partial charge in [0, 0.05) is 32.7 Å². The van der Waals surface area contributed by atoms with Crippen molar-refractivity contribution in [3.63, 3.8) is 0 Å². The summed E-state index contributed by atoms with van der Waals surface area (Å²) in [7, 11) is 0. The van der Waals surface area contributed by atoms with Crippen LogP contribution in [0.5, 0.6) is 0 Å². The van der Waals surface area contributed by atoms with Crippen LogP contribution in [0.3, 0.4) is 0 Å². The molecule has 1 fully saturated rings. The smallest absolute Gasteiger partial charge is 0 e. The number of rotatable bonds is 0. The standard InChI is InChI=1S/C5H10N.Y/c1-5-2-3-6-4-5;/h5H,2-4H2,1H3;/q-1;/t5-;/m1./s1. The summed E-state index contributed by atoms with van der Waals surface area (Å²) in [5.41, 5.74) is 0. The zero-order valence-corrected chi connectivity index (χ0v) is 7.56. The molecule has 0 unspecified atom stereocenters. The zero-order chi connectivity index (χ0) is 4.41. The van der Waals surface area contributed by atoms with E-state index in [9.17, 15) is 0 Å². The fourth-order valence-electron chi connectivity index (χ4n) is 0.715. The quantitative estimate of drug-likeness (QED) is 0.525. The molecule has 7 heavy (non-hydrogen) atoms. The van der Waals surface area contributed by atoms with Gasteiger partial charge in [-0.15, -0.1) is 13.1 Å². The van der Waals surface area contributed by atoms with Gasteiger partial charge in [-0.2, -0.15) is 0 Å². The summed E-state index contributed by atoms with van der Waals surface area (Å²) in [5.74, 6) is 0.880. The first-order valence-electron chi connectivity index (χ1n) is 2.53. The maximum absolute atomic E-state index is 4.16. The molecule has 0 N–H and O–H groups in total. The molecule has 1 saturated heterocycles. The van der Waals surface area contributed by atoms with Crippen molar-refractivity contribution in [2.45, 2.75) is 13.3 Å². The van der Waals surface area contributed by atoms with Crippen molar-refractivity contribution in [2.24, 2.45) is 5.92 Å². The van der Waals surface area contributed by atoms with Crippen LogP contribution in [0.25, 0.3) is 5.32 Å². The fraction of sp³-hybridized carbons (Fsp3) is 1.00. The number of hydrogen-bond acceptors (Lipinski definition) is 0. The van der Waals surface area contributed by atoms with Gasteiger partial charge in [-0.25, -0.2) is 0 Å². The molecule has 0 aliphatic carbocycles. The minimum atomic E-state index is 0. The summed E-state index contributed by atoms with van der Waals surface area (Å²) in [6.45, 7) is 4.47. The Morgan fingerprint density at radius 1 is 1.57 bits per heavy atom. The monoisotopic (exact) mass is 173 g/mol. The number of hydrogen-bond donors (Lipinski definition) is 0. The van der Waals surface area contributed by atoms with Crippen molar-refractivity contribution in [1.29, 1.82) is 0 Å². The van der Waals surface area contributed by atoms with Crippen LogP contribution in [0.4, 0.5) is 0 Å². The third-order valence-electron chi connectivity index (χ3n) is 1.22. The average Bonchev–Trinajstić information content (AvgIpc) is 1.86. The minimum Gasteiger partial charge on any atom is -0.662 e. The van der Waals surface area contributed by atoms with Gasteiger partial charge >= 0.3 is 0 Å². The molecule has 0 amide bonds. The van der Waals surface area contributed by atoms with Gasteiger partial charge in [0.15, 0.2) is 0 Å². The van der Waals surface area contributed by atoms with Crippen LogP contribution in [0.2, 0.25) is 0 Å². The summed E-state index contributed by atoms with van der Waals surface area (Å²) < 4.78 is 0. The fourth-order valence-corrected chi connectivity index (χ4v) is 0.715. The van der Waals surface area contributed by atoms with Crippen molar-refractivity contribution in [3.05, 3.63) is 5.32 Å². The van der Waals surface area contributed by atoms with Gasteiger partial charge in [0.1, 0.15) is 0 Å². The molecule has 1 nitrogen and oxygen atoms in total. The third-order valence-corrected chi connectivity index (χ3v) is 1.22. The van der Waals surface area contributed by atoms with Crippen molar-refractivity contribution in [2.75, 3.05) is 13.1 Å². The minimum absolute atomic E-state index is 0. The van der Waals surface area contributed by atoms with Crippen LogP contribution in [0.15, 0.2) is 0 Å². The van der Waals surface area contributed by atoms with E-state index in [0.29, 0.717) is 0 Å². The van der Waals surface area contributed by atoms with Gasteiger partial charge in [-0.3, -0.25) is 0 Å². The van der Waals surface area contributed by atoms with E-state index in [2.05, 4.69) is 12.2 Å². The van der Waals surface area contributed by atoms with Crippen LogP contribution in [0, 0.1) is 5.92 Å². The molecule has 0 saturated carbocycles. The summed E-state index contributed by atoms with van der Waals surface area (Å²) in [6, 6.07) is 0. The molecule has 0 aromatic heterocycles. The Kier molecular flexibility index (Phi) is 4.60. The molecular formula is C5H10NY-. The van der Waals surface area contributed by atoms with E-state index in [4.69, 9.17) is 0 Å². The van der Waals surface area contributed by atoms with E-state index in [1.807, 2.05) is 0 Å². The van der Waals surface area contributed by atoms with Crippen LogP contribution >= 0.6 is 0 Å². The Bertz CT molecular complexity index is 41.3. The first-order valence-corrected chi connectivity index (χ1v) is 2.53. The summed E-state index contributed by atoms with van der Waals surface area (Å²) in [6.07, 6.45) is 1.32. The Balaban J connectivity index is 0.000000360. The average molecular weight is 173 g/mol. The van der Waals surface area contributed by atoms with E-state index in [1.165, 1.54) is 6.42 Å². The van der Waals surface area contributed by atoms with Crippen molar-refractivity contribution in [1.82, 2.24) is 0 Å². The predicted molar refractivity (Wildman–Crippen MR) is 26.9 cm³/mol. The van der Waals surface area contributed by atoms with Gasteiger partial charge in [-0.05, 0) is 0 Å². The van der Waals surface area contributed by atoms with E-state index >= 15 is 0 Å². The van der Waals surface area contributed by atoms with Gasteiger partial charge in [0.05, 0.1) is 0 Å². The summed E-state index contributed by atoms with van der Waals surface area (Å²) in [4.78, 5) is 0. The molecule has 2 heteroatoms. The van der Waals surface area contributed by atoms with Crippen molar-refractivity contribution in [3.8, 4) is 0 Å². The van der Waals surface area contributed by atoms with Gasteiger partial charge < -0.3 is 5.32 Å². The molecule has 1 aliphatic rings. The Labute approximate surface area is 70.1 Å². The molecule has 1 rings (SSSR count). The predicted octanol–water partition coefficient (Wildman–Crippen LogP) is 1.40. The second-order valence-corrected chi connectivity index (χ2v) is 2.02. The normalized spacial score (nSPS) is 29.6. The molecule has 0 bridgehead atoms. The largest absolute Gasteiger partial charge is 0.662 e. The Hall–Kier alpha value is 1.06. The Morgan fingerprint density at radius 3 is 2.43 bits per heavy atom. The van der Waals surface area contributed by atoms with Gasteiger partial charge in [-0.1, -0.05) is 19.3 Å². The SMILES string of the molecule is C[C@@H]1CC[N-]C1.[Y]. The molecule has 39 valence electrons. The van der Waals surface area contributed by atoms with Crippen molar-refractivity contribution < 1.29 is 32.7 Å². The Morgan fingerprint density at radius 2 is 2.29 bits per heavy atom. The molecule has 1 radical (unpaired) electrons. The second kappa shape index (κ2) is 3.99. The third kappa shape index (κ3) is 2.79. The molecule has 1 atom stereocenters. The van der Waals surface area contributed by atoms with Crippen LogP contribution in [0.1, 0.15) is 13.3 Å². The van der Waals surface area contributed by atoms with Crippen molar-refractivity contribution >= 4 is 0 Å². The van der Waals surface area contributed by atoms with E-state index < -0.39 is 0 Å². The molecule has 1 aliphatic heterocycles. The van der Waals surface area contributed by atoms with Crippen LogP contribution < -0.4 is 0 Å². The van der Waals surface area contributed by atoms with E-state index in [-0.39, 0.29) is 32.7 Å². The van der Waals surface area contributed by atoms with Gasteiger partial charge in [0.2, 0.25) is 0 Å². The van der Waals surface area contributed by atoms with Gasteiger partial charge in [0.25, 0.3) is 0 Å². The van der Waals surface area contributed by atoms with E-state index in [0.717, 1.165) is 19.0 Å². The molecule has 1 heterocycles. The van der Waals surface area contributed by atoms with E-state index in [1.54, 1.807) is 0 Å². The molecule has 0 spiro atoms. The van der Waals surface area contributed by atoms with Crippen LogP contribution in [-0.4, -0.2) is 13.1 Å². The molecular weight excluding hydrogens is 163 g/mol. The summed E-state index contributed by atoms with van der Waals surface area (Å²) >= 11 is 0. The maximum Gasteiger partial charge on any atom is 0 e. The maximum atomic E-state index is 4.16. The second-order valence-electron chi connectivity index (χ2n) is 2.02. The first kappa shape index (κ1) is 8.06. The summed E-state index contributed by atoms with van der Waals surface area (Å²) in [5, 5.41) is 4.16.